The molecule has 6 heteroatoms. The number of hydrogen-bond acceptors (Lipinski definition) is 5. The molecule has 18 heavy (non-hydrogen) atoms. The average molecular weight is 253 g/mol. The van der Waals surface area contributed by atoms with Crippen LogP contribution in [0.5, 0.6) is 0 Å². The van der Waals surface area contributed by atoms with E-state index in [1.165, 1.54) is 24.3 Å². The zero-order valence-corrected chi connectivity index (χ0v) is 10.5. The van der Waals surface area contributed by atoms with E-state index in [1.54, 1.807) is 20.8 Å². The van der Waals surface area contributed by atoms with Gasteiger partial charge in [0, 0.05) is 12.1 Å². The van der Waals surface area contributed by atoms with E-state index in [0.717, 1.165) is 0 Å². The van der Waals surface area contributed by atoms with Crippen LogP contribution in [0.2, 0.25) is 0 Å². The Morgan fingerprint density at radius 2 is 1.83 bits per heavy atom. The SMILES string of the molecule is CC(C)(C)OOC(=O)Cc1ccc([N+](=O)[O-])cc1. The van der Waals surface area contributed by atoms with Gasteiger partial charge in [0.25, 0.3) is 5.69 Å². The van der Waals surface area contributed by atoms with Crippen LogP contribution in [-0.4, -0.2) is 16.5 Å². The average Bonchev–Trinajstić information content (AvgIpc) is 2.26. The predicted octanol–water partition coefficient (Wildman–Crippen LogP) is 2.41. The van der Waals surface area contributed by atoms with Gasteiger partial charge in [0.15, 0.2) is 0 Å². The molecule has 1 aromatic carbocycles. The first-order valence-corrected chi connectivity index (χ1v) is 5.40. The summed E-state index contributed by atoms with van der Waals surface area (Å²) in [6.07, 6.45) is 0.00801. The lowest BCUT2D eigenvalue weighted by Gasteiger charge is -2.16. The van der Waals surface area contributed by atoms with Crippen LogP contribution in [0.4, 0.5) is 5.69 Å². The fourth-order valence-corrected chi connectivity index (χ4v) is 1.10. The van der Waals surface area contributed by atoms with E-state index in [1.807, 2.05) is 0 Å². The number of rotatable bonds is 4. The number of carbonyl (C=O) groups excluding carboxylic acids is 1. The predicted molar refractivity (Wildman–Crippen MR) is 63.7 cm³/mol. The smallest absolute Gasteiger partial charge is 0.297 e. The monoisotopic (exact) mass is 253 g/mol. The van der Waals surface area contributed by atoms with Crippen LogP contribution in [0.1, 0.15) is 26.3 Å². The Hall–Kier alpha value is -1.95. The minimum atomic E-state index is -0.564. The molecule has 6 nitrogen and oxygen atoms in total. The van der Waals surface area contributed by atoms with E-state index in [9.17, 15) is 14.9 Å². The third kappa shape index (κ3) is 4.92. The molecule has 0 aliphatic heterocycles. The maximum atomic E-state index is 11.4. The van der Waals surface area contributed by atoms with Crippen molar-refractivity contribution in [3.8, 4) is 0 Å². The first-order chi connectivity index (χ1) is 8.28. The van der Waals surface area contributed by atoms with E-state index < -0.39 is 16.5 Å². The van der Waals surface area contributed by atoms with E-state index in [2.05, 4.69) is 4.89 Å². The van der Waals surface area contributed by atoms with Gasteiger partial charge in [0.2, 0.25) is 0 Å². The quantitative estimate of drug-likeness (QED) is 0.467. The highest BCUT2D eigenvalue weighted by Gasteiger charge is 2.15. The number of non-ortho nitro benzene ring substituents is 1. The van der Waals surface area contributed by atoms with Crippen molar-refractivity contribution >= 4 is 11.7 Å². The third-order valence-electron chi connectivity index (χ3n) is 1.88. The van der Waals surface area contributed by atoms with Gasteiger partial charge in [-0.2, -0.15) is 4.89 Å². The van der Waals surface area contributed by atoms with Crippen molar-refractivity contribution in [2.24, 2.45) is 0 Å². The van der Waals surface area contributed by atoms with Crippen LogP contribution in [0.15, 0.2) is 24.3 Å². The van der Waals surface area contributed by atoms with E-state index >= 15 is 0 Å². The van der Waals surface area contributed by atoms with Gasteiger partial charge in [-0.1, -0.05) is 12.1 Å². The Morgan fingerprint density at radius 3 is 2.28 bits per heavy atom. The van der Waals surface area contributed by atoms with Gasteiger partial charge < -0.3 is 0 Å². The van der Waals surface area contributed by atoms with E-state index in [0.29, 0.717) is 5.56 Å². The van der Waals surface area contributed by atoms with Crippen LogP contribution >= 0.6 is 0 Å². The normalized spacial score (nSPS) is 11.1. The summed E-state index contributed by atoms with van der Waals surface area (Å²) in [5.41, 5.74) is 0.0478. The highest BCUT2D eigenvalue weighted by atomic mass is 17.2. The topological polar surface area (TPSA) is 78.7 Å². The molecule has 0 radical (unpaired) electrons. The molecule has 0 saturated heterocycles. The molecule has 0 bridgehead atoms. The summed E-state index contributed by atoms with van der Waals surface area (Å²) < 4.78 is 0. The molecule has 0 spiro atoms. The van der Waals surface area contributed by atoms with Gasteiger partial charge in [-0.25, -0.2) is 4.79 Å². The molecule has 98 valence electrons. The number of nitro benzene ring substituents is 1. The Bertz CT molecular complexity index is 433. The van der Waals surface area contributed by atoms with Crippen molar-refractivity contribution in [2.75, 3.05) is 0 Å². The number of hydrogen-bond donors (Lipinski definition) is 0. The zero-order valence-electron chi connectivity index (χ0n) is 10.5. The van der Waals surface area contributed by atoms with Crippen molar-refractivity contribution < 1.29 is 19.5 Å². The second-order valence-corrected chi connectivity index (χ2v) is 4.75. The van der Waals surface area contributed by atoms with Crippen molar-refractivity contribution in [1.82, 2.24) is 0 Å². The largest absolute Gasteiger partial charge is 0.346 e. The summed E-state index contributed by atoms with van der Waals surface area (Å²) in [6, 6.07) is 5.70. The standard InChI is InChI=1S/C12H15NO5/c1-12(2,3)18-17-11(14)8-9-4-6-10(7-5-9)13(15)16/h4-7H,8H2,1-3H3. The molecule has 0 atom stereocenters. The molecular formula is C12H15NO5. The molecule has 0 aliphatic rings. The van der Waals surface area contributed by atoms with Crippen LogP contribution < -0.4 is 0 Å². The van der Waals surface area contributed by atoms with Gasteiger partial charge in [0.05, 0.1) is 11.3 Å². The van der Waals surface area contributed by atoms with Gasteiger partial charge in [-0.05, 0) is 26.3 Å². The summed E-state index contributed by atoms with van der Waals surface area (Å²) in [7, 11) is 0. The maximum Gasteiger partial charge on any atom is 0.346 e. The van der Waals surface area contributed by atoms with Gasteiger partial charge in [-0.15, -0.1) is 0 Å². The Labute approximate surface area is 105 Å². The number of nitrogens with zero attached hydrogens (tertiary/aromatic N) is 1. The first-order valence-electron chi connectivity index (χ1n) is 5.40. The number of benzene rings is 1. The fraction of sp³-hybridized carbons (Fsp3) is 0.417. The second-order valence-electron chi connectivity index (χ2n) is 4.75. The molecule has 0 saturated carbocycles. The molecule has 0 amide bonds. The highest BCUT2D eigenvalue weighted by molar-refractivity contribution is 5.72. The van der Waals surface area contributed by atoms with Crippen molar-refractivity contribution in [2.45, 2.75) is 32.8 Å². The highest BCUT2D eigenvalue weighted by Crippen LogP contribution is 2.13. The summed E-state index contributed by atoms with van der Waals surface area (Å²) in [4.78, 5) is 30.8. The van der Waals surface area contributed by atoms with Crippen LogP contribution in [0.3, 0.4) is 0 Å². The van der Waals surface area contributed by atoms with Gasteiger partial charge in [-0.3, -0.25) is 15.0 Å². The van der Waals surface area contributed by atoms with Crippen LogP contribution in [0.25, 0.3) is 0 Å². The number of carbonyl (C=O) groups is 1. The molecule has 1 aromatic rings. The molecule has 0 unspecified atom stereocenters. The fourth-order valence-electron chi connectivity index (χ4n) is 1.10. The maximum absolute atomic E-state index is 11.4. The van der Waals surface area contributed by atoms with E-state index in [4.69, 9.17) is 4.89 Å². The molecule has 0 N–H and O–H groups in total. The van der Waals surface area contributed by atoms with Gasteiger partial charge in [0.1, 0.15) is 5.60 Å². The van der Waals surface area contributed by atoms with Crippen molar-refractivity contribution in [1.29, 1.82) is 0 Å². The van der Waals surface area contributed by atoms with Crippen LogP contribution in [-0.2, 0) is 21.0 Å². The summed E-state index contributed by atoms with van der Waals surface area (Å²) in [5.74, 6) is -0.543. The van der Waals surface area contributed by atoms with Crippen LogP contribution in [0, 0.1) is 10.1 Å². The Kier molecular flexibility index (Phi) is 4.38. The summed E-state index contributed by atoms with van der Waals surface area (Å²) in [5, 5.41) is 10.4. The lowest BCUT2D eigenvalue weighted by Crippen LogP contribution is -2.22. The molecule has 0 heterocycles. The Morgan fingerprint density at radius 1 is 1.28 bits per heavy atom. The first kappa shape index (κ1) is 14.1. The third-order valence-corrected chi connectivity index (χ3v) is 1.88. The summed E-state index contributed by atoms with van der Waals surface area (Å²) >= 11 is 0. The Balaban J connectivity index is 2.52. The summed E-state index contributed by atoms with van der Waals surface area (Å²) in [6.45, 7) is 5.27. The van der Waals surface area contributed by atoms with Gasteiger partial charge >= 0.3 is 5.97 Å². The molecule has 0 aromatic heterocycles. The zero-order chi connectivity index (χ0) is 13.8. The molecule has 0 aliphatic carbocycles. The second kappa shape index (κ2) is 5.59. The van der Waals surface area contributed by atoms with Crippen molar-refractivity contribution in [3.63, 3.8) is 0 Å². The lowest BCUT2D eigenvalue weighted by molar-refractivity contribution is -0.384. The van der Waals surface area contributed by atoms with E-state index in [-0.39, 0.29) is 12.1 Å². The molecule has 1 rings (SSSR count). The minimum Gasteiger partial charge on any atom is -0.297 e. The van der Waals surface area contributed by atoms with Crippen molar-refractivity contribution in [3.05, 3.63) is 39.9 Å². The molecular weight excluding hydrogens is 238 g/mol. The molecule has 0 fully saturated rings. The number of nitro groups is 1. The lowest BCUT2D eigenvalue weighted by atomic mass is 10.1. The minimum absolute atomic E-state index is 0.00801.